The minimum absolute atomic E-state index is 0.0340. The van der Waals surface area contributed by atoms with E-state index in [-0.39, 0.29) is 5.56 Å². The standard InChI is InChI=1S/C11H10Br2N2O/c1-7-10(13)11(16)15(14-7)6-8-4-2-3-5-9(8)12/h2-5,14H,6H2,1H3. The Morgan fingerprint density at radius 3 is 2.56 bits per heavy atom. The van der Waals surface area contributed by atoms with Crippen LogP contribution in [0.15, 0.2) is 38.0 Å². The number of rotatable bonds is 2. The number of aryl methyl sites for hydroxylation is 1. The summed E-state index contributed by atoms with van der Waals surface area (Å²) in [4.78, 5) is 11.8. The van der Waals surface area contributed by atoms with Gasteiger partial charge in [-0.2, -0.15) is 0 Å². The lowest BCUT2D eigenvalue weighted by molar-refractivity contribution is 0.655. The highest BCUT2D eigenvalue weighted by atomic mass is 79.9. The summed E-state index contributed by atoms with van der Waals surface area (Å²) in [6, 6.07) is 7.86. The van der Waals surface area contributed by atoms with Gasteiger partial charge in [0.25, 0.3) is 5.56 Å². The second kappa shape index (κ2) is 4.59. The van der Waals surface area contributed by atoms with E-state index in [4.69, 9.17) is 0 Å². The molecular formula is C11H10Br2N2O. The van der Waals surface area contributed by atoms with Gasteiger partial charge in [-0.05, 0) is 34.5 Å². The van der Waals surface area contributed by atoms with E-state index in [1.807, 2.05) is 31.2 Å². The largest absolute Gasteiger partial charge is 0.299 e. The van der Waals surface area contributed by atoms with Crippen LogP contribution in [-0.2, 0) is 6.54 Å². The lowest BCUT2D eigenvalue weighted by Crippen LogP contribution is -2.17. The van der Waals surface area contributed by atoms with Gasteiger partial charge < -0.3 is 0 Å². The van der Waals surface area contributed by atoms with Crippen molar-refractivity contribution in [3.05, 3.63) is 54.8 Å². The molecule has 0 bridgehead atoms. The third-order valence-electron chi connectivity index (χ3n) is 2.35. The fourth-order valence-corrected chi connectivity index (χ4v) is 2.20. The molecule has 0 atom stereocenters. The molecule has 5 heteroatoms. The summed E-state index contributed by atoms with van der Waals surface area (Å²) in [7, 11) is 0. The fraction of sp³-hybridized carbons (Fsp3) is 0.182. The highest BCUT2D eigenvalue weighted by Gasteiger charge is 2.09. The number of H-pyrrole nitrogens is 1. The van der Waals surface area contributed by atoms with E-state index >= 15 is 0 Å². The van der Waals surface area contributed by atoms with Crippen molar-refractivity contribution >= 4 is 31.9 Å². The molecule has 0 amide bonds. The molecule has 0 unspecified atom stereocenters. The summed E-state index contributed by atoms with van der Waals surface area (Å²) in [5.41, 5.74) is 1.88. The lowest BCUT2D eigenvalue weighted by atomic mass is 10.2. The Hall–Kier alpha value is -0.810. The molecule has 0 aliphatic rings. The maximum atomic E-state index is 11.8. The molecule has 1 heterocycles. The number of hydrogen-bond acceptors (Lipinski definition) is 1. The van der Waals surface area contributed by atoms with Crippen molar-refractivity contribution in [1.82, 2.24) is 9.78 Å². The van der Waals surface area contributed by atoms with Gasteiger partial charge in [0.05, 0.1) is 6.54 Å². The lowest BCUT2D eigenvalue weighted by Gasteiger charge is -2.04. The molecule has 3 nitrogen and oxygen atoms in total. The summed E-state index contributed by atoms with van der Waals surface area (Å²) in [6.07, 6.45) is 0. The van der Waals surface area contributed by atoms with Crippen LogP contribution in [-0.4, -0.2) is 9.78 Å². The van der Waals surface area contributed by atoms with Gasteiger partial charge in [-0.1, -0.05) is 34.1 Å². The Morgan fingerprint density at radius 1 is 1.31 bits per heavy atom. The average molecular weight is 346 g/mol. The van der Waals surface area contributed by atoms with Crippen molar-refractivity contribution in [3.63, 3.8) is 0 Å². The summed E-state index contributed by atoms with van der Waals surface area (Å²) in [5.74, 6) is 0. The second-order valence-corrected chi connectivity index (χ2v) is 5.18. The predicted octanol–water partition coefficient (Wildman–Crippen LogP) is 3.06. The zero-order chi connectivity index (χ0) is 11.7. The van der Waals surface area contributed by atoms with E-state index in [0.29, 0.717) is 11.0 Å². The monoisotopic (exact) mass is 344 g/mol. The molecule has 1 aromatic carbocycles. The zero-order valence-electron chi connectivity index (χ0n) is 8.63. The fourth-order valence-electron chi connectivity index (χ4n) is 1.49. The number of nitrogens with one attached hydrogen (secondary N) is 1. The molecular weight excluding hydrogens is 336 g/mol. The SMILES string of the molecule is Cc1[nH]n(Cc2ccccc2Br)c(=O)c1Br. The van der Waals surface area contributed by atoms with Gasteiger partial charge in [0.1, 0.15) is 4.47 Å². The van der Waals surface area contributed by atoms with Crippen LogP contribution in [0.5, 0.6) is 0 Å². The minimum atomic E-state index is -0.0340. The van der Waals surface area contributed by atoms with Crippen LogP contribution in [0.4, 0.5) is 0 Å². The molecule has 0 aliphatic carbocycles. The molecule has 84 valence electrons. The van der Waals surface area contributed by atoms with Gasteiger partial charge >= 0.3 is 0 Å². The molecule has 2 aromatic rings. The first-order chi connectivity index (χ1) is 7.59. The van der Waals surface area contributed by atoms with Crippen LogP contribution < -0.4 is 5.56 Å². The van der Waals surface area contributed by atoms with Crippen LogP contribution in [0.3, 0.4) is 0 Å². The molecule has 2 rings (SSSR count). The number of benzene rings is 1. The number of aromatic amines is 1. The average Bonchev–Trinajstić information content (AvgIpc) is 2.50. The number of aromatic nitrogens is 2. The van der Waals surface area contributed by atoms with Crippen LogP contribution in [0.25, 0.3) is 0 Å². The van der Waals surface area contributed by atoms with Crippen LogP contribution >= 0.6 is 31.9 Å². The van der Waals surface area contributed by atoms with E-state index < -0.39 is 0 Å². The normalized spacial score (nSPS) is 10.7. The molecule has 0 spiro atoms. The third kappa shape index (κ3) is 2.15. The Bertz CT molecular complexity index is 572. The topological polar surface area (TPSA) is 37.8 Å². The van der Waals surface area contributed by atoms with Crippen molar-refractivity contribution in [2.45, 2.75) is 13.5 Å². The van der Waals surface area contributed by atoms with Crippen molar-refractivity contribution < 1.29 is 0 Å². The van der Waals surface area contributed by atoms with Crippen LogP contribution in [0, 0.1) is 6.92 Å². The van der Waals surface area contributed by atoms with Crippen LogP contribution in [0.2, 0.25) is 0 Å². The van der Waals surface area contributed by atoms with Gasteiger partial charge in [0.2, 0.25) is 0 Å². The molecule has 16 heavy (non-hydrogen) atoms. The maximum absolute atomic E-state index is 11.8. The van der Waals surface area contributed by atoms with Gasteiger partial charge in [-0.15, -0.1) is 0 Å². The number of halogens is 2. The second-order valence-electron chi connectivity index (χ2n) is 3.53. The Balaban J connectivity index is 2.38. The first-order valence-electron chi connectivity index (χ1n) is 4.78. The number of hydrogen-bond donors (Lipinski definition) is 1. The van der Waals surface area contributed by atoms with Crippen molar-refractivity contribution in [2.24, 2.45) is 0 Å². The van der Waals surface area contributed by atoms with E-state index in [1.54, 1.807) is 4.68 Å². The molecule has 0 saturated carbocycles. The smallest absolute Gasteiger partial charge is 0.281 e. The quantitative estimate of drug-likeness (QED) is 0.892. The first kappa shape index (κ1) is 11.7. The summed E-state index contributed by atoms with van der Waals surface area (Å²) in [6.45, 7) is 2.40. The van der Waals surface area contributed by atoms with E-state index in [2.05, 4.69) is 37.0 Å². The van der Waals surface area contributed by atoms with E-state index in [9.17, 15) is 4.79 Å². The van der Waals surface area contributed by atoms with Crippen molar-refractivity contribution in [2.75, 3.05) is 0 Å². The summed E-state index contributed by atoms with van der Waals surface area (Å²) >= 11 is 6.72. The Kier molecular flexibility index (Phi) is 3.35. The highest BCUT2D eigenvalue weighted by Crippen LogP contribution is 2.17. The summed E-state index contributed by atoms with van der Waals surface area (Å²) < 4.78 is 3.18. The summed E-state index contributed by atoms with van der Waals surface area (Å²) in [5, 5.41) is 3.02. The molecule has 0 fully saturated rings. The molecule has 1 aromatic heterocycles. The molecule has 0 saturated heterocycles. The first-order valence-corrected chi connectivity index (χ1v) is 6.36. The van der Waals surface area contributed by atoms with Crippen molar-refractivity contribution in [1.29, 1.82) is 0 Å². The van der Waals surface area contributed by atoms with Crippen molar-refractivity contribution in [3.8, 4) is 0 Å². The van der Waals surface area contributed by atoms with E-state index in [1.165, 1.54) is 0 Å². The number of nitrogens with zero attached hydrogens (tertiary/aromatic N) is 1. The Labute approximate surface area is 110 Å². The minimum Gasteiger partial charge on any atom is -0.299 e. The van der Waals surface area contributed by atoms with Crippen LogP contribution in [0.1, 0.15) is 11.3 Å². The zero-order valence-corrected chi connectivity index (χ0v) is 11.8. The molecule has 0 aliphatic heterocycles. The third-order valence-corrected chi connectivity index (χ3v) is 4.06. The predicted molar refractivity (Wildman–Crippen MR) is 70.7 cm³/mol. The highest BCUT2D eigenvalue weighted by molar-refractivity contribution is 9.10. The maximum Gasteiger partial charge on any atom is 0.281 e. The van der Waals surface area contributed by atoms with Gasteiger partial charge in [0, 0.05) is 10.2 Å². The van der Waals surface area contributed by atoms with Gasteiger partial charge in [-0.25, -0.2) is 4.68 Å². The van der Waals surface area contributed by atoms with E-state index in [0.717, 1.165) is 15.7 Å². The molecule has 1 N–H and O–H groups in total. The Morgan fingerprint density at radius 2 is 2.00 bits per heavy atom. The van der Waals surface area contributed by atoms with Gasteiger partial charge in [0.15, 0.2) is 0 Å². The van der Waals surface area contributed by atoms with Gasteiger partial charge in [-0.3, -0.25) is 9.89 Å². The molecule has 0 radical (unpaired) electrons.